The summed E-state index contributed by atoms with van der Waals surface area (Å²) in [6, 6.07) is 1.19. The Kier molecular flexibility index (Phi) is 4.91. The van der Waals surface area contributed by atoms with Crippen LogP contribution in [0.5, 0.6) is 0 Å². The zero-order valence-electron chi connectivity index (χ0n) is 13.5. The maximum absolute atomic E-state index is 4.48. The van der Waals surface area contributed by atoms with Crippen LogP contribution in [0.15, 0.2) is 0 Å². The standard InChI is InChI=1S/C16H29N5/c1-3-17-13(2)14-8-4-6-10-20(14)12-16-19-18-15-9-5-7-11-21(15)16/h13-14,17H,3-12H2,1-2H3. The Morgan fingerprint density at radius 3 is 2.90 bits per heavy atom. The minimum Gasteiger partial charge on any atom is -0.314 e. The van der Waals surface area contributed by atoms with E-state index in [2.05, 4.69) is 38.8 Å². The van der Waals surface area contributed by atoms with Gasteiger partial charge < -0.3 is 9.88 Å². The van der Waals surface area contributed by atoms with E-state index in [4.69, 9.17) is 0 Å². The van der Waals surface area contributed by atoms with Crippen molar-refractivity contribution in [3.63, 3.8) is 0 Å². The molecule has 1 fully saturated rings. The third kappa shape index (κ3) is 3.29. The van der Waals surface area contributed by atoms with Crippen LogP contribution in [0.4, 0.5) is 0 Å². The molecule has 2 aliphatic rings. The van der Waals surface area contributed by atoms with Crippen LogP contribution in [-0.2, 0) is 19.5 Å². The van der Waals surface area contributed by atoms with Crippen LogP contribution in [0.3, 0.4) is 0 Å². The second kappa shape index (κ2) is 6.88. The fourth-order valence-electron chi connectivity index (χ4n) is 3.90. The summed E-state index contributed by atoms with van der Waals surface area (Å²) in [7, 11) is 0. The third-order valence-electron chi connectivity index (χ3n) is 5.05. The van der Waals surface area contributed by atoms with Crippen molar-refractivity contribution in [1.82, 2.24) is 25.0 Å². The minimum atomic E-state index is 0.555. The van der Waals surface area contributed by atoms with Gasteiger partial charge in [-0.15, -0.1) is 10.2 Å². The van der Waals surface area contributed by atoms with E-state index in [1.807, 2.05) is 0 Å². The molecule has 1 N–H and O–H groups in total. The van der Waals surface area contributed by atoms with Gasteiger partial charge in [0.1, 0.15) is 11.6 Å². The van der Waals surface area contributed by atoms with Crippen molar-refractivity contribution < 1.29 is 0 Å². The zero-order chi connectivity index (χ0) is 14.7. The van der Waals surface area contributed by atoms with E-state index in [1.54, 1.807) is 0 Å². The van der Waals surface area contributed by atoms with Gasteiger partial charge in [0.2, 0.25) is 0 Å². The lowest BCUT2D eigenvalue weighted by molar-refractivity contribution is 0.107. The Morgan fingerprint density at radius 1 is 1.19 bits per heavy atom. The predicted octanol–water partition coefficient (Wildman–Crippen LogP) is 1.97. The van der Waals surface area contributed by atoms with Crippen LogP contribution in [-0.4, -0.2) is 44.8 Å². The molecule has 0 saturated carbocycles. The number of fused-ring (bicyclic) bond motifs is 1. The SMILES string of the molecule is CCNC(C)C1CCCCN1Cc1nnc2n1CCCC2. The number of aryl methyl sites for hydroxylation is 1. The maximum Gasteiger partial charge on any atom is 0.147 e. The normalized spacial score (nSPS) is 24.8. The molecule has 118 valence electrons. The number of hydrogen-bond donors (Lipinski definition) is 1. The lowest BCUT2D eigenvalue weighted by Gasteiger charge is -2.39. The number of hydrogen-bond acceptors (Lipinski definition) is 4. The second-order valence-corrected chi connectivity index (χ2v) is 6.52. The number of nitrogens with one attached hydrogen (secondary N) is 1. The van der Waals surface area contributed by atoms with Gasteiger partial charge >= 0.3 is 0 Å². The number of aromatic nitrogens is 3. The summed E-state index contributed by atoms with van der Waals surface area (Å²) in [6.07, 6.45) is 7.61. The molecule has 0 radical (unpaired) electrons. The second-order valence-electron chi connectivity index (χ2n) is 6.52. The molecule has 0 bridgehead atoms. The van der Waals surface area contributed by atoms with Gasteiger partial charge in [0.25, 0.3) is 0 Å². The number of nitrogens with zero attached hydrogens (tertiary/aromatic N) is 4. The van der Waals surface area contributed by atoms with E-state index >= 15 is 0 Å². The molecular weight excluding hydrogens is 262 g/mol. The molecular formula is C16H29N5. The molecule has 5 heteroatoms. The molecule has 1 aromatic heterocycles. The fraction of sp³-hybridized carbons (Fsp3) is 0.875. The summed E-state index contributed by atoms with van der Waals surface area (Å²) in [5.41, 5.74) is 0. The van der Waals surface area contributed by atoms with Crippen molar-refractivity contribution in [2.24, 2.45) is 0 Å². The molecule has 3 heterocycles. The van der Waals surface area contributed by atoms with E-state index in [1.165, 1.54) is 50.3 Å². The molecule has 2 aliphatic heterocycles. The number of likely N-dealkylation sites (N-methyl/N-ethyl adjacent to an activating group) is 1. The molecule has 0 aliphatic carbocycles. The Hall–Kier alpha value is -0.940. The highest BCUT2D eigenvalue weighted by Gasteiger charge is 2.28. The maximum atomic E-state index is 4.48. The first-order chi connectivity index (χ1) is 10.3. The van der Waals surface area contributed by atoms with Crippen molar-refractivity contribution in [3.8, 4) is 0 Å². The summed E-state index contributed by atoms with van der Waals surface area (Å²) >= 11 is 0. The molecule has 5 nitrogen and oxygen atoms in total. The van der Waals surface area contributed by atoms with Crippen LogP contribution in [0.2, 0.25) is 0 Å². The number of likely N-dealkylation sites (tertiary alicyclic amines) is 1. The molecule has 3 rings (SSSR count). The van der Waals surface area contributed by atoms with Gasteiger partial charge in [-0.3, -0.25) is 4.90 Å². The highest BCUT2D eigenvalue weighted by molar-refractivity contribution is 5.00. The summed E-state index contributed by atoms with van der Waals surface area (Å²) in [6.45, 7) is 8.84. The number of rotatable bonds is 5. The van der Waals surface area contributed by atoms with Gasteiger partial charge in [0.05, 0.1) is 6.54 Å². The van der Waals surface area contributed by atoms with Gasteiger partial charge in [-0.2, -0.15) is 0 Å². The summed E-state index contributed by atoms with van der Waals surface area (Å²) < 4.78 is 2.37. The van der Waals surface area contributed by atoms with Gasteiger partial charge in [-0.25, -0.2) is 0 Å². The molecule has 2 atom stereocenters. The van der Waals surface area contributed by atoms with Gasteiger partial charge in [-0.1, -0.05) is 13.3 Å². The van der Waals surface area contributed by atoms with E-state index in [-0.39, 0.29) is 0 Å². The Labute approximate surface area is 128 Å². The first-order valence-corrected chi connectivity index (χ1v) is 8.68. The van der Waals surface area contributed by atoms with Crippen LogP contribution >= 0.6 is 0 Å². The van der Waals surface area contributed by atoms with Gasteiger partial charge in [-0.05, 0) is 45.7 Å². The van der Waals surface area contributed by atoms with E-state index in [0.29, 0.717) is 12.1 Å². The average Bonchev–Trinajstić information content (AvgIpc) is 2.91. The molecule has 0 aromatic carbocycles. The first-order valence-electron chi connectivity index (χ1n) is 8.68. The van der Waals surface area contributed by atoms with Crippen molar-refractivity contribution in [1.29, 1.82) is 0 Å². The Bertz CT molecular complexity index is 456. The van der Waals surface area contributed by atoms with Crippen LogP contribution < -0.4 is 5.32 Å². The monoisotopic (exact) mass is 291 g/mol. The van der Waals surface area contributed by atoms with Gasteiger partial charge in [0, 0.05) is 25.0 Å². The number of piperidine rings is 1. The van der Waals surface area contributed by atoms with Crippen LogP contribution in [0, 0.1) is 0 Å². The van der Waals surface area contributed by atoms with Crippen LogP contribution in [0.1, 0.15) is 57.6 Å². The molecule has 21 heavy (non-hydrogen) atoms. The average molecular weight is 291 g/mol. The molecule has 2 unspecified atom stereocenters. The van der Waals surface area contributed by atoms with Crippen LogP contribution in [0.25, 0.3) is 0 Å². The quantitative estimate of drug-likeness (QED) is 0.901. The fourth-order valence-corrected chi connectivity index (χ4v) is 3.90. The van der Waals surface area contributed by atoms with E-state index in [9.17, 15) is 0 Å². The van der Waals surface area contributed by atoms with E-state index < -0.39 is 0 Å². The molecule has 0 amide bonds. The van der Waals surface area contributed by atoms with Crippen molar-refractivity contribution in [2.45, 2.75) is 77.5 Å². The third-order valence-corrected chi connectivity index (χ3v) is 5.05. The van der Waals surface area contributed by atoms with Crippen molar-refractivity contribution in [2.75, 3.05) is 13.1 Å². The first kappa shape index (κ1) is 15.0. The summed E-state index contributed by atoms with van der Waals surface area (Å²) in [4.78, 5) is 2.63. The molecule has 1 saturated heterocycles. The van der Waals surface area contributed by atoms with Crippen molar-refractivity contribution >= 4 is 0 Å². The van der Waals surface area contributed by atoms with Crippen molar-refractivity contribution in [3.05, 3.63) is 11.6 Å². The topological polar surface area (TPSA) is 46.0 Å². The highest BCUT2D eigenvalue weighted by atomic mass is 15.3. The smallest absolute Gasteiger partial charge is 0.147 e. The molecule has 1 aromatic rings. The Morgan fingerprint density at radius 2 is 2.05 bits per heavy atom. The predicted molar refractivity (Wildman–Crippen MR) is 84.1 cm³/mol. The Balaban J connectivity index is 1.71. The summed E-state index contributed by atoms with van der Waals surface area (Å²) in [5, 5.41) is 12.5. The van der Waals surface area contributed by atoms with E-state index in [0.717, 1.165) is 26.1 Å². The molecule has 0 spiro atoms. The lowest BCUT2D eigenvalue weighted by Crippen LogP contribution is -2.50. The van der Waals surface area contributed by atoms with Gasteiger partial charge in [0.15, 0.2) is 0 Å². The largest absolute Gasteiger partial charge is 0.314 e. The zero-order valence-corrected chi connectivity index (χ0v) is 13.5. The summed E-state index contributed by atoms with van der Waals surface area (Å²) in [5.74, 6) is 2.38. The minimum absolute atomic E-state index is 0.555. The lowest BCUT2D eigenvalue weighted by atomic mass is 9.96. The highest BCUT2D eigenvalue weighted by Crippen LogP contribution is 2.23.